The normalized spacial score (nSPS) is 17.0. The van der Waals surface area contributed by atoms with E-state index in [1.54, 1.807) is 28.3 Å². The van der Waals surface area contributed by atoms with E-state index in [0.29, 0.717) is 39.8 Å². The molecule has 7 nitrogen and oxygen atoms in total. The van der Waals surface area contributed by atoms with E-state index in [1.807, 2.05) is 24.3 Å². The van der Waals surface area contributed by atoms with E-state index in [2.05, 4.69) is 15.1 Å². The van der Waals surface area contributed by atoms with Gasteiger partial charge in [0.05, 0.1) is 29.2 Å². The van der Waals surface area contributed by atoms with E-state index in [9.17, 15) is 4.79 Å². The van der Waals surface area contributed by atoms with Gasteiger partial charge < -0.3 is 9.30 Å². The van der Waals surface area contributed by atoms with Crippen molar-refractivity contribution >= 4 is 28.3 Å². The second-order valence-electron chi connectivity index (χ2n) is 7.01. The van der Waals surface area contributed by atoms with Gasteiger partial charge in [-0.25, -0.2) is 4.98 Å². The Hall–Kier alpha value is -2.77. The second-order valence-corrected chi connectivity index (χ2v) is 7.45. The molecular weight excluding hydrogens is 378 g/mol. The van der Waals surface area contributed by atoms with Gasteiger partial charge in [-0.1, -0.05) is 23.7 Å². The molecule has 1 aliphatic rings. The van der Waals surface area contributed by atoms with E-state index >= 15 is 0 Å². The van der Waals surface area contributed by atoms with Crippen LogP contribution in [-0.2, 0) is 11.3 Å². The summed E-state index contributed by atoms with van der Waals surface area (Å²) in [5.41, 5.74) is 1.91. The Morgan fingerprint density at radius 2 is 2.18 bits per heavy atom. The molecule has 28 heavy (non-hydrogen) atoms. The third-order valence-corrected chi connectivity index (χ3v) is 5.27. The van der Waals surface area contributed by atoms with Crippen LogP contribution in [-0.4, -0.2) is 36.9 Å². The maximum absolute atomic E-state index is 13.4. The quantitative estimate of drug-likeness (QED) is 0.532. The molecule has 0 N–H and O–H groups in total. The molecule has 0 aliphatic carbocycles. The predicted molar refractivity (Wildman–Crippen MR) is 107 cm³/mol. The lowest BCUT2D eigenvalue weighted by molar-refractivity contribution is 0.0963. The molecule has 4 heterocycles. The van der Waals surface area contributed by atoms with E-state index in [4.69, 9.17) is 16.3 Å². The highest BCUT2D eigenvalue weighted by Crippen LogP contribution is 2.28. The highest BCUT2D eigenvalue weighted by atomic mass is 35.5. The maximum Gasteiger partial charge on any atom is 0.262 e. The van der Waals surface area contributed by atoms with Crippen LogP contribution >= 0.6 is 11.6 Å². The van der Waals surface area contributed by atoms with Crippen molar-refractivity contribution in [2.24, 2.45) is 0 Å². The van der Waals surface area contributed by atoms with Gasteiger partial charge in [-0.3, -0.25) is 4.79 Å². The van der Waals surface area contributed by atoms with Crippen molar-refractivity contribution in [1.82, 2.24) is 24.1 Å². The van der Waals surface area contributed by atoms with Gasteiger partial charge in [0.2, 0.25) is 0 Å². The third kappa shape index (κ3) is 2.87. The zero-order valence-electron chi connectivity index (χ0n) is 15.3. The van der Waals surface area contributed by atoms with Gasteiger partial charge in [-0.2, -0.15) is 9.50 Å². The number of fused-ring (bicyclic) bond motifs is 2. The Labute approximate surface area is 165 Å². The SMILES string of the molecule is Cc1nc2nc3ccn(C[C@H]4CCCO4)c(=O)c3c(-c3cccc(Cl)c3)n2n1. The van der Waals surface area contributed by atoms with Crippen LogP contribution in [0.15, 0.2) is 41.3 Å². The van der Waals surface area contributed by atoms with Crippen molar-refractivity contribution in [2.45, 2.75) is 32.4 Å². The van der Waals surface area contributed by atoms with Crippen molar-refractivity contribution in [1.29, 1.82) is 0 Å². The van der Waals surface area contributed by atoms with Crippen LogP contribution in [0.5, 0.6) is 0 Å². The summed E-state index contributed by atoms with van der Waals surface area (Å²) in [6.07, 6.45) is 3.84. The Kier molecular flexibility index (Phi) is 4.14. The fourth-order valence-electron chi connectivity index (χ4n) is 3.77. The molecule has 0 unspecified atom stereocenters. The fourth-order valence-corrected chi connectivity index (χ4v) is 3.96. The largest absolute Gasteiger partial charge is 0.376 e. The topological polar surface area (TPSA) is 74.3 Å². The number of aromatic nitrogens is 5. The van der Waals surface area contributed by atoms with Crippen molar-refractivity contribution in [3.8, 4) is 11.3 Å². The van der Waals surface area contributed by atoms with E-state index in [1.165, 1.54) is 0 Å². The Morgan fingerprint density at radius 1 is 1.29 bits per heavy atom. The minimum atomic E-state index is -0.120. The molecule has 0 spiro atoms. The molecule has 1 fully saturated rings. The number of rotatable bonds is 3. The maximum atomic E-state index is 13.4. The Balaban J connectivity index is 1.82. The van der Waals surface area contributed by atoms with Crippen LogP contribution < -0.4 is 5.56 Å². The fraction of sp³-hybridized carbons (Fsp3) is 0.300. The lowest BCUT2D eigenvalue weighted by Crippen LogP contribution is -2.27. The molecule has 1 aliphatic heterocycles. The summed E-state index contributed by atoms with van der Waals surface area (Å²) in [4.78, 5) is 22.4. The van der Waals surface area contributed by atoms with Crippen molar-refractivity contribution in [3.05, 3.63) is 57.7 Å². The first kappa shape index (κ1) is 17.3. The highest BCUT2D eigenvalue weighted by molar-refractivity contribution is 6.30. The summed E-state index contributed by atoms with van der Waals surface area (Å²) < 4.78 is 9.03. The molecule has 1 saturated heterocycles. The van der Waals surface area contributed by atoms with Crippen LogP contribution in [0.25, 0.3) is 27.9 Å². The molecule has 3 aromatic heterocycles. The highest BCUT2D eigenvalue weighted by Gasteiger charge is 2.21. The zero-order valence-corrected chi connectivity index (χ0v) is 16.1. The molecule has 0 bridgehead atoms. The first-order chi connectivity index (χ1) is 13.6. The average molecular weight is 396 g/mol. The van der Waals surface area contributed by atoms with Gasteiger partial charge in [0, 0.05) is 23.4 Å². The van der Waals surface area contributed by atoms with Gasteiger partial charge in [0.15, 0.2) is 0 Å². The number of benzene rings is 1. The summed E-state index contributed by atoms with van der Waals surface area (Å²) in [5, 5.41) is 5.56. The van der Waals surface area contributed by atoms with Crippen molar-refractivity contribution < 1.29 is 4.74 Å². The first-order valence-corrected chi connectivity index (χ1v) is 9.62. The van der Waals surface area contributed by atoms with Crippen molar-refractivity contribution in [2.75, 3.05) is 6.61 Å². The van der Waals surface area contributed by atoms with Gasteiger partial charge in [0.25, 0.3) is 11.3 Å². The molecule has 0 radical (unpaired) electrons. The molecule has 8 heteroatoms. The minimum absolute atomic E-state index is 0.0649. The molecule has 0 amide bonds. The summed E-state index contributed by atoms with van der Waals surface area (Å²) in [6, 6.07) is 9.24. The molecule has 142 valence electrons. The summed E-state index contributed by atoms with van der Waals surface area (Å²) in [6.45, 7) is 3.08. The smallest absolute Gasteiger partial charge is 0.262 e. The molecule has 1 atom stereocenters. The number of halogens is 1. The van der Waals surface area contributed by atoms with Crippen LogP contribution in [0.2, 0.25) is 5.02 Å². The minimum Gasteiger partial charge on any atom is -0.376 e. The van der Waals surface area contributed by atoms with Crippen LogP contribution in [0.3, 0.4) is 0 Å². The lowest BCUT2D eigenvalue weighted by Gasteiger charge is -2.14. The van der Waals surface area contributed by atoms with Crippen LogP contribution in [0, 0.1) is 6.92 Å². The number of hydrogen-bond acceptors (Lipinski definition) is 5. The number of hydrogen-bond donors (Lipinski definition) is 0. The summed E-state index contributed by atoms with van der Waals surface area (Å²) in [7, 11) is 0. The van der Waals surface area contributed by atoms with E-state index in [0.717, 1.165) is 25.0 Å². The van der Waals surface area contributed by atoms with Gasteiger partial charge in [-0.15, -0.1) is 5.10 Å². The number of nitrogens with zero attached hydrogens (tertiary/aromatic N) is 5. The molecule has 4 aromatic rings. The lowest BCUT2D eigenvalue weighted by atomic mass is 10.1. The summed E-state index contributed by atoms with van der Waals surface area (Å²) in [5.74, 6) is 1.04. The zero-order chi connectivity index (χ0) is 19.3. The first-order valence-electron chi connectivity index (χ1n) is 9.24. The van der Waals surface area contributed by atoms with Gasteiger partial charge >= 0.3 is 0 Å². The number of pyridine rings is 1. The molecular formula is C20H18ClN5O2. The second kappa shape index (κ2) is 6.68. The van der Waals surface area contributed by atoms with Crippen molar-refractivity contribution in [3.63, 3.8) is 0 Å². The molecule has 1 aromatic carbocycles. The van der Waals surface area contributed by atoms with Crippen LogP contribution in [0.4, 0.5) is 0 Å². The average Bonchev–Trinajstić information content (AvgIpc) is 3.31. The monoisotopic (exact) mass is 395 g/mol. The standard InChI is InChI=1S/C20H18ClN5O2/c1-12-22-20-23-16-7-8-25(11-15-6-3-9-28-15)19(27)17(16)18(26(20)24-12)13-4-2-5-14(21)10-13/h2,4-5,7-8,10,15H,3,6,9,11H2,1H3/t15-/m1/s1. The Morgan fingerprint density at radius 3 is 2.96 bits per heavy atom. The predicted octanol–water partition coefficient (Wildman–Crippen LogP) is 3.25. The summed E-state index contributed by atoms with van der Waals surface area (Å²) >= 11 is 6.23. The van der Waals surface area contributed by atoms with Gasteiger partial charge in [-0.05, 0) is 38.0 Å². The Bertz CT molecular complexity index is 1260. The molecule has 5 rings (SSSR count). The number of aryl methyl sites for hydroxylation is 1. The molecule has 0 saturated carbocycles. The van der Waals surface area contributed by atoms with Crippen LogP contribution in [0.1, 0.15) is 18.7 Å². The van der Waals surface area contributed by atoms with Gasteiger partial charge in [0.1, 0.15) is 5.82 Å². The van der Waals surface area contributed by atoms with E-state index < -0.39 is 0 Å². The number of ether oxygens (including phenoxy) is 1. The third-order valence-electron chi connectivity index (χ3n) is 5.03. The van der Waals surface area contributed by atoms with E-state index in [-0.39, 0.29) is 11.7 Å².